The van der Waals surface area contributed by atoms with Crippen molar-refractivity contribution in [2.24, 2.45) is 17.2 Å². The van der Waals surface area contributed by atoms with Crippen LogP contribution < -0.4 is 38.5 Å². The Bertz CT molecular complexity index is 1750. The van der Waals surface area contributed by atoms with Crippen LogP contribution >= 0.6 is 0 Å². The molecule has 7 atom stereocenters. The summed E-state index contributed by atoms with van der Waals surface area (Å²) in [6.45, 7) is 1.81. The molecule has 0 unspecified atom stereocenters. The number of amides is 6. The SMILES string of the molecule is C[C@H](N)C(=O)N[C@@H](CCCCN)C(=O)N1CCC[C@H]1C(=O)N[C@@H](Cc1c[nH]c2ccccc12)C(=O)N[C@@H](CO)C(=O)N1CCC[C@H]1C(=O)N[C@@H](CCCCN)C(=O)O. The lowest BCUT2D eigenvalue weighted by Crippen LogP contribution is -2.60. The highest BCUT2D eigenvalue weighted by molar-refractivity contribution is 5.98. The van der Waals surface area contributed by atoms with Crippen molar-refractivity contribution in [2.75, 3.05) is 32.8 Å². The summed E-state index contributed by atoms with van der Waals surface area (Å²) in [5.41, 5.74) is 18.4. The molecule has 19 nitrogen and oxygen atoms in total. The number of nitrogens with zero attached hydrogens (tertiary/aromatic N) is 2. The molecule has 6 amide bonds. The molecular formula is C39H60N10O9. The number of aromatic amines is 1. The Kier molecular flexibility index (Phi) is 17.4. The summed E-state index contributed by atoms with van der Waals surface area (Å²) in [5.74, 6) is -5.01. The first-order valence-corrected chi connectivity index (χ1v) is 20.2. The first-order chi connectivity index (χ1) is 27.8. The van der Waals surface area contributed by atoms with E-state index in [9.17, 15) is 43.8 Å². The molecular weight excluding hydrogens is 752 g/mol. The van der Waals surface area contributed by atoms with Gasteiger partial charge in [-0.3, -0.25) is 28.8 Å². The summed E-state index contributed by atoms with van der Waals surface area (Å²) >= 11 is 0. The van der Waals surface area contributed by atoms with Crippen molar-refractivity contribution in [1.29, 1.82) is 0 Å². The van der Waals surface area contributed by atoms with Crippen LogP contribution in [-0.4, -0.2) is 141 Å². The highest BCUT2D eigenvalue weighted by Gasteiger charge is 2.41. The van der Waals surface area contributed by atoms with Crippen LogP contribution in [-0.2, 0) is 40.0 Å². The zero-order valence-electron chi connectivity index (χ0n) is 33.1. The van der Waals surface area contributed by atoms with Crippen LogP contribution in [0.15, 0.2) is 30.5 Å². The van der Waals surface area contributed by atoms with Gasteiger partial charge < -0.3 is 63.5 Å². The number of likely N-dealkylation sites (tertiary alicyclic amines) is 2. The molecule has 320 valence electrons. The predicted octanol–water partition coefficient (Wildman–Crippen LogP) is -1.69. The van der Waals surface area contributed by atoms with Crippen LogP contribution in [0.25, 0.3) is 10.9 Å². The number of aromatic nitrogens is 1. The monoisotopic (exact) mass is 812 g/mol. The van der Waals surface area contributed by atoms with Crippen LogP contribution in [0.5, 0.6) is 0 Å². The molecule has 3 heterocycles. The molecule has 4 rings (SSSR count). The molecule has 13 N–H and O–H groups in total. The summed E-state index contributed by atoms with van der Waals surface area (Å²) in [6.07, 6.45) is 5.81. The number of carbonyl (C=O) groups excluding carboxylic acids is 6. The second kappa shape index (κ2) is 22.2. The number of nitrogens with one attached hydrogen (secondary N) is 5. The average Bonchev–Trinajstić information content (AvgIpc) is 3.99. The maximum absolute atomic E-state index is 14.1. The number of para-hydroxylation sites is 1. The van der Waals surface area contributed by atoms with Gasteiger partial charge >= 0.3 is 5.97 Å². The molecule has 1 aromatic heterocycles. The van der Waals surface area contributed by atoms with Crippen molar-refractivity contribution in [3.8, 4) is 0 Å². The molecule has 58 heavy (non-hydrogen) atoms. The lowest BCUT2D eigenvalue weighted by molar-refractivity contribution is -0.145. The van der Waals surface area contributed by atoms with Gasteiger partial charge in [-0.2, -0.15) is 0 Å². The number of aliphatic hydroxyl groups is 1. The Morgan fingerprint density at radius 3 is 1.84 bits per heavy atom. The number of rotatable bonds is 22. The smallest absolute Gasteiger partial charge is 0.326 e. The van der Waals surface area contributed by atoms with Gasteiger partial charge in [0.15, 0.2) is 0 Å². The number of nitrogens with two attached hydrogens (primary N) is 3. The Labute approximate surface area is 337 Å². The molecule has 0 radical (unpaired) electrons. The number of hydrogen-bond donors (Lipinski definition) is 10. The summed E-state index contributed by atoms with van der Waals surface area (Å²) in [7, 11) is 0. The van der Waals surface area contributed by atoms with Crippen molar-refractivity contribution in [3.63, 3.8) is 0 Å². The summed E-state index contributed by atoms with van der Waals surface area (Å²) in [6, 6.07) is -0.412. The number of carbonyl (C=O) groups is 7. The number of carboxylic acids is 1. The maximum atomic E-state index is 14.1. The molecule has 1 aromatic carbocycles. The van der Waals surface area contributed by atoms with Crippen LogP contribution in [0.1, 0.15) is 76.7 Å². The van der Waals surface area contributed by atoms with Gasteiger partial charge in [-0.25, -0.2) is 4.79 Å². The van der Waals surface area contributed by atoms with Crippen molar-refractivity contribution >= 4 is 52.3 Å². The van der Waals surface area contributed by atoms with Gasteiger partial charge in [-0.1, -0.05) is 18.2 Å². The minimum atomic E-state index is -1.50. The fraction of sp³-hybridized carbons (Fsp3) is 0.615. The topological polar surface area (TPSA) is 308 Å². The number of fused-ring (bicyclic) bond motifs is 1. The van der Waals surface area contributed by atoms with E-state index in [1.165, 1.54) is 16.7 Å². The first kappa shape index (κ1) is 45.6. The van der Waals surface area contributed by atoms with Crippen LogP contribution in [0, 0.1) is 0 Å². The van der Waals surface area contributed by atoms with Gasteiger partial charge in [0.05, 0.1) is 12.6 Å². The summed E-state index contributed by atoms with van der Waals surface area (Å²) < 4.78 is 0. The third-order valence-electron chi connectivity index (χ3n) is 10.7. The third-order valence-corrected chi connectivity index (χ3v) is 10.7. The van der Waals surface area contributed by atoms with Gasteiger partial charge in [-0.15, -0.1) is 0 Å². The van der Waals surface area contributed by atoms with E-state index in [1.54, 1.807) is 6.20 Å². The second-order valence-corrected chi connectivity index (χ2v) is 15.1. The number of hydrogen-bond acceptors (Lipinski definition) is 11. The van der Waals surface area contributed by atoms with Crippen LogP contribution in [0.2, 0.25) is 0 Å². The Morgan fingerprint density at radius 2 is 1.29 bits per heavy atom. The third kappa shape index (κ3) is 12.0. The van der Waals surface area contributed by atoms with E-state index in [4.69, 9.17) is 17.2 Å². The van der Waals surface area contributed by atoms with Crippen LogP contribution in [0.4, 0.5) is 0 Å². The van der Waals surface area contributed by atoms with Gasteiger partial charge in [0.2, 0.25) is 35.4 Å². The minimum absolute atomic E-state index is 0.0315. The van der Waals surface area contributed by atoms with E-state index in [2.05, 4.69) is 26.3 Å². The standard InChI is InChI=1S/C39H60N10O9/c1-23(42)33(51)44-27(12-4-6-16-40)37(55)48-18-8-15-32(48)36(54)46-29(20-24-21-43-26-11-3-2-10-25(24)26)34(52)47-30(22-50)38(56)49-19-9-14-31(49)35(53)45-28(39(57)58)13-5-7-17-41/h2-3,10-11,21,23,27-32,43,50H,4-9,12-20,22,40-42H2,1H3,(H,44,51)(H,45,53)(H,46,54)(H,47,52)(H,57,58)/t23-,27-,28-,29-,30-,31-,32-/m0/s1. The molecule has 2 aliphatic heterocycles. The summed E-state index contributed by atoms with van der Waals surface area (Å²) in [4.78, 5) is 99.4. The number of aliphatic hydroxyl groups excluding tert-OH is 1. The molecule has 2 aliphatic rings. The average molecular weight is 813 g/mol. The van der Waals surface area contributed by atoms with Gasteiger partial charge in [0.25, 0.3) is 0 Å². The molecule has 2 saturated heterocycles. The minimum Gasteiger partial charge on any atom is -0.480 e. The van der Waals surface area contributed by atoms with E-state index in [0.29, 0.717) is 63.6 Å². The van der Waals surface area contributed by atoms with E-state index < -0.39 is 90.3 Å². The zero-order chi connectivity index (χ0) is 42.4. The van der Waals surface area contributed by atoms with E-state index in [0.717, 1.165) is 10.9 Å². The maximum Gasteiger partial charge on any atom is 0.326 e. The fourth-order valence-corrected chi connectivity index (χ4v) is 7.53. The number of aliphatic carboxylic acids is 1. The molecule has 0 bridgehead atoms. The van der Waals surface area contributed by atoms with Gasteiger partial charge in [0, 0.05) is 36.6 Å². The van der Waals surface area contributed by atoms with Crippen molar-refractivity contribution in [1.82, 2.24) is 36.1 Å². The number of benzene rings is 1. The number of carboxylic acid groups (broad SMARTS) is 1. The predicted molar refractivity (Wildman–Crippen MR) is 213 cm³/mol. The Balaban J connectivity index is 1.53. The highest BCUT2D eigenvalue weighted by Crippen LogP contribution is 2.23. The first-order valence-electron chi connectivity index (χ1n) is 20.2. The number of H-pyrrole nitrogens is 1. The Morgan fingerprint density at radius 1 is 0.759 bits per heavy atom. The van der Waals surface area contributed by atoms with E-state index in [-0.39, 0.29) is 38.8 Å². The van der Waals surface area contributed by atoms with Crippen LogP contribution in [0.3, 0.4) is 0 Å². The van der Waals surface area contributed by atoms with Crippen molar-refractivity contribution < 1.29 is 43.8 Å². The Hall–Kier alpha value is -5.11. The van der Waals surface area contributed by atoms with Gasteiger partial charge in [-0.05, 0) is 95.9 Å². The molecule has 0 saturated carbocycles. The number of unbranched alkanes of at least 4 members (excludes halogenated alkanes) is 2. The fourth-order valence-electron chi connectivity index (χ4n) is 7.53. The summed E-state index contributed by atoms with van der Waals surface area (Å²) in [5, 5.41) is 31.5. The molecule has 2 fully saturated rings. The van der Waals surface area contributed by atoms with E-state index >= 15 is 0 Å². The van der Waals surface area contributed by atoms with Crippen molar-refractivity contribution in [3.05, 3.63) is 36.0 Å². The largest absolute Gasteiger partial charge is 0.480 e. The lowest BCUT2D eigenvalue weighted by Gasteiger charge is -2.31. The second-order valence-electron chi connectivity index (χ2n) is 15.1. The highest BCUT2D eigenvalue weighted by atomic mass is 16.4. The molecule has 0 aliphatic carbocycles. The zero-order valence-corrected chi connectivity index (χ0v) is 33.1. The van der Waals surface area contributed by atoms with E-state index in [1.807, 2.05) is 24.3 Å². The van der Waals surface area contributed by atoms with Gasteiger partial charge in [0.1, 0.15) is 36.3 Å². The molecule has 19 heteroatoms. The quantitative estimate of drug-likeness (QED) is 0.0596. The molecule has 2 aromatic rings. The normalized spacial score (nSPS) is 19.2. The van der Waals surface area contributed by atoms with Crippen molar-refractivity contribution in [2.45, 2.75) is 120 Å². The molecule has 0 spiro atoms. The lowest BCUT2D eigenvalue weighted by atomic mass is 10.0.